The van der Waals surface area contributed by atoms with Crippen molar-refractivity contribution in [3.63, 3.8) is 0 Å². The Labute approximate surface area is 93.6 Å². The molecule has 0 heterocycles. The van der Waals surface area contributed by atoms with Crippen LogP contribution in [0.3, 0.4) is 0 Å². The van der Waals surface area contributed by atoms with Crippen molar-refractivity contribution in [2.45, 2.75) is 13.3 Å². The summed E-state index contributed by atoms with van der Waals surface area (Å²) in [5, 5.41) is 2.40. The van der Waals surface area contributed by atoms with Crippen LogP contribution in [0.15, 0.2) is 18.2 Å². The summed E-state index contributed by atoms with van der Waals surface area (Å²) in [6.45, 7) is 1.97. The minimum atomic E-state index is -1.01. The number of carbonyl (C=O) groups is 2. The lowest BCUT2D eigenvalue weighted by Crippen LogP contribution is -2.29. The van der Waals surface area contributed by atoms with Crippen LogP contribution in [0.4, 0.5) is 5.69 Å². The molecule has 0 atom stereocenters. The number of nitrogens with one attached hydrogen (secondary N) is 1. The second kappa shape index (κ2) is 5.16. The molecule has 1 rings (SSSR count). The Bertz CT molecular complexity index is 416. The fourth-order valence-electron chi connectivity index (χ4n) is 1.33. The van der Waals surface area contributed by atoms with Gasteiger partial charge >= 0.3 is 11.8 Å². The van der Waals surface area contributed by atoms with Crippen LogP contribution in [0, 0.1) is 0 Å². The molecule has 1 aromatic carbocycles. The smallest absolute Gasteiger partial charge is 0.313 e. The molecule has 0 saturated heterocycles. The summed E-state index contributed by atoms with van der Waals surface area (Å²) < 4.78 is 5.14. The number of rotatable bonds is 3. The van der Waals surface area contributed by atoms with Gasteiger partial charge in [-0.1, -0.05) is 6.92 Å². The van der Waals surface area contributed by atoms with Crippen molar-refractivity contribution < 1.29 is 14.3 Å². The number of anilines is 1. The van der Waals surface area contributed by atoms with Gasteiger partial charge in [0.15, 0.2) is 0 Å². The van der Waals surface area contributed by atoms with Crippen LogP contribution < -0.4 is 15.8 Å². The predicted octanol–water partition coefficient (Wildman–Crippen LogP) is 0.681. The van der Waals surface area contributed by atoms with E-state index in [0.717, 1.165) is 17.7 Å². The van der Waals surface area contributed by atoms with E-state index < -0.39 is 11.8 Å². The molecule has 1 aromatic rings. The Kier molecular flexibility index (Phi) is 3.88. The summed E-state index contributed by atoms with van der Waals surface area (Å²) in [7, 11) is 1.58. The Morgan fingerprint density at radius 1 is 1.44 bits per heavy atom. The average Bonchev–Trinajstić information content (AvgIpc) is 2.28. The molecule has 0 aliphatic carbocycles. The Morgan fingerprint density at radius 3 is 2.62 bits per heavy atom. The van der Waals surface area contributed by atoms with E-state index >= 15 is 0 Å². The zero-order chi connectivity index (χ0) is 12.1. The number of methoxy groups -OCH3 is 1. The van der Waals surface area contributed by atoms with E-state index in [1.165, 1.54) is 0 Å². The van der Waals surface area contributed by atoms with Gasteiger partial charge in [0, 0.05) is 5.69 Å². The summed E-state index contributed by atoms with van der Waals surface area (Å²) in [6, 6.07) is 5.13. The van der Waals surface area contributed by atoms with E-state index in [0.29, 0.717) is 5.69 Å². The van der Waals surface area contributed by atoms with Crippen molar-refractivity contribution in [3.8, 4) is 5.75 Å². The van der Waals surface area contributed by atoms with E-state index in [1.54, 1.807) is 25.3 Å². The molecule has 5 heteroatoms. The van der Waals surface area contributed by atoms with Crippen molar-refractivity contribution in [2.75, 3.05) is 12.4 Å². The van der Waals surface area contributed by atoms with E-state index in [1.807, 2.05) is 6.92 Å². The Balaban J connectivity index is 2.91. The molecule has 5 nitrogen and oxygen atoms in total. The van der Waals surface area contributed by atoms with Gasteiger partial charge in [-0.25, -0.2) is 0 Å². The van der Waals surface area contributed by atoms with Crippen LogP contribution in [0.25, 0.3) is 0 Å². The lowest BCUT2D eigenvalue weighted by Gasteiger charge is -2.09. The second-order valence-corrected chi connectivity index (χ2v) is 3.20. The number of hydrogen-bond donors (Lipinski definition) is 2. The minimum absolute atomic E-state index is 0.529. The van der Waals surface area contributed by atoms with Crippen LogP contribution >= 0.6 is 0 Å². The molecular weight excluding hydrogens is 208 g/mol. The van der Waals surface area contributed by atoms with E-state index in [2.05, 4.69) is 5.32 Å². The predicted molar refractivity (Wildman–Crippen MR) is 60.2 cm³/mol. The molecule has 0 fully saturated rings. The zero-order valence-corrected chi connectivity index (χ0v) is 9.24. The lowest BCUT2D eigenvalue weighted by molar-refractivity contribution is -0.134. The van der Waals surface area contributed by atoms with Crippen molar-refractivity contribution >= 4 is 17.5 Å². The van der Waals surface area contributed by atoms with Crippen molar-refractivity contribution in [2.24, 2.45) is 5.73 Å². The number of ether oxygens (including phenoxy) is 1. The summed E-state index contributed by atoms with van der Waals surface area (Å²) in [4.78, 5) is 21.6. The average molecular weight is 222 g/mol. The number of nitrogens with two attached hydrogens (primary N) is 1. The molecule has 0 radical (unpaired) electrons. The van der Waals surface area contributed by atoms with Gasteiger partial charge in [0.05, 0.1) is 7.11 Å². The lowest BCUT2D eigenvalue weighted by atomic mass is 10.1. The largest absolute Gasteiger partial charge is 0.496 e. The van der Waals surface area contributed by atoms with Gasteiger partial charge in [-0.3, -0.25) is 9.59 Å². The maximum absolute atomic E-state index is 11.0. The van der Waals surface area contributed by atoms with Crippen molar-refractivity contribution in [1.29, 1.82) is 0 Å². The maximum atomic E-state index is 11.0. The highest BCUT2D eigenvalue weighted by Gasteiger charge is 2.10. The third kappa shape index (κ3) is 2.73. The first-order valence-electron chi connectivity index (χ1n) is 4.86. The fourth-order valence-corrected chi connectivity index (χ4v) is 1.33. The molecule has 0 aliphatic rings. The van der Waals surface area contributed by atoms with Crippen LogP contribution in [0.1, 0.15) is 12.5 Å². The highest BCUT2D eigenvalue weighted by Crippen LogP contribution is 2.22. The third-order valence-corrected chi connectivity index (χ3v) is 2.14. The maximum Gasteiger partial charge on any atom is 0.313 e. The van der Waals surface area contributed by atoms with Gasteiger partial charge in [-0.15, -0.1) is 0 Å². The van der Waals surface area contributed by atoms with Gasteiger partial charge in [-0.2, -0.15) is 0 Å². The molecule has 0 bridgehead atoms. The van der Waals surface area contributed by atoms with Crippen LogP contribution in [-0.2, 0) is 16.0 Å². The topological polar surface area (TPSA) is 81.4 Å². The highest BCUT2D eigenvalue weighted by molar-refractivity contribution is 6.39. The summed E-state index contributed by atoms with van der Waals surface area (Å²) >= 11 is 0. The monoisotopic (exact) mass is 222 g/mol. The van der Waals surface area contributed by atoms with E-state index in [4.69, 9.17) is 10.5 Å². The van der Waals surface area contributed by atoms with Gasteiger partial charge in [0.1, 0.15) is 5.75 Å². The van der Waals surface area contributed by atoms with Crippen LogP contribution in [0.2, 0.25) is 0 Å². The first kappa shape index (κ1) is 12.0. The van der Waals surface area contributed by atoms with Gasteiger partial charge < -0.3 is 15.8 Å². The molecule has 0 spiro atoms. The quantitative estimate of drug-likeness (QED) is 0.738. The summed E-state index contributed by atoms with van der Waals surface area (Å²) in [5.41, 5.74) is 6.31. The molecule has 0 unspecified atom stereocenters. The second-order valence-electron chi connectivity index (χ2n) is 3.20. The number of primary amides is 1. The molecule has 86 valence electrons. The van der Waals surface area contributed by atoms with Gasteiger partial charge in [0.25, 0.3) is 0 Å². The Morgan fingerprint density at radius 2 is 2.12 bits per heavy atom. The molecule has 0 saturated carbocycles. The SMILES string of the molecule is CCc1cc(NC(=O)C(N)=O)ccc1OC. The van der Waals surface area contributed by atoms with Gasteiger partial charge in [0.2, 0.25) is 0 Å². The van der Waals surface area contributed by atoms with Crippen molar-refractivity contribution in [1.82, 2.24) is 0 Å². The summed E-state index contributed by atoms with van der Waals surface area (Å²) in [6.07, 6.45) is 0.767. The first-order valence-corrected chi connectivity index (χ1v) is 4.86. The highest BCUT2D eigenvalue weighted by atomic mass is 16.5. The molecule has 16 heavy (non-hydrogen) atoms. The third-order valence-electron chi connectivity index (χ3n) is 2.14. The van der Waals surface area contributed by atoms with Gasteiger partial charge in [-0.05, 0) is 30.2 Å². The number of aryl methyl sites for hydroxylation is 1. The molecular formula is C11H14N2O3. The fraction of sp³-hybridized carbons (Fsp3) is 0.273. The first-order chi connectivity index (χ1) is 7.58. The summed E-state index contributed by atoms with van der Waals surface area (Å²) in [5.74, 6) is -1.08. The van der Waals surface area contributed by atoms with Crippen LogP contribution in [-0.4, -0.2) is 18.9 Å². The number of hydrogen-bond acceptors (Lipinski definition) is 3. The molecule has 0 aliphatic heterocycles. The standard InChI is InChI=1S/C11H14N2O3/c1-3-7-6-8(4-5-9(7)16-2)13-11(15)10(12)14/h4-6H,3H2,1-2H3,(H2,12,14)(H,13,15). The molecule has 3 N–H and O–H groups in total. The molecule has 0 aromatic heterocycles. The Hall–Kier alpha value is -2.04. The number of amides is 2. The van der Waals surface area contributed by atoms with E-state index in [9.17, 15) is 9.59 Å². The zero-order valence-electron chi connectivity index (χ0n) is 9.24. The van der Waals surface area contributed by atoms with Crippen molar-refractivity contribution in [3.05, 3.63) is 23.8 Å². The molecule has 2 amide bonds. The minimum Gasteiger partial charge on any atom is -0.496 e. The normalized spacial score (nSPS) is 9.62. The van der Waals surface area contributed by atoms with Crippen LogP contribution in [0.5, 0.6) is 5.75 Å². The van der Waals surface area contributed by atoms with E-state index in [-0.39, 0.29) is 0 Å². The number of carbonyl (C=O) groups excluding carboxylic acids is 2. The number of benzene rings is 1.